The third kappa shape index (κ3) is 2.81. The Bertz CT molecular complexity index is 952. The minimum absolute atomic E-state index is 0.236. The molecule has 0 aliphatic heterocycles. The van der Waals surface area contributed by atoms with Crippen LogP contribution in [0.2, 0.25) is 0 Å². The number of aromatic nitrogens is 2. The van der Waals surface area contributed by atoms with Crippen LogP contribution in [0.1, 0.15) is 16.1 Å². The molecule has 136 valence electrons. The van der Waals surface area contributed by atoms with Gasteiger partial charge in [0.2, 0.25) is 11.5 Å². The van der Waals surface area contributed by atoms with Gasteiger partial charge in [-0.25, -0.2) is 0 Å². The molecule has 0 fully saturated rings. The van der Waals surface area contributed by atoms with Gasteiger partial charge in [0, 0.05) is 24.1 Å². The van der Waals surface area contributed by atoms with Crippen LogP contribution in [-0.2, 0) is 7.05 Å². The zero-order valence-corrected chi connectivity index (χ0v) is 15.3. The van der Waals surface area contributed by atoms with E-state index in [2.05, 4.69) is 5.10 Å². The monoisotopic (exact) mass is 356 g/mol. The van der Waals surface area contributed by atoms with E-state index in [4.69, 9.17) is 18.9 Å². The predicted octanol–water partition coefficient (Wildman–Crippen LogP) is 2.84. The molecule has 0 N–H and O–H groups in total. The number of hydrogen-bond acceptors (Lipinski definition) is 6. The molecule has 1 heterocycles. The number of ether oxygens (including phenoxy) is 4. The highest BCUT2D eigenvalue weighted by molar-refractivity contribution is 6.15. The lowest BCUT2D eigenvalue weighted by molar-refractivity contribution is 0.103. The average molecular weight is 356 g/mol. The molecule has 0 bridgehead atoms. The van der Waals surface area contributed by atoms with Crippen molar-refractivity contribution in [2.24, 2.45) is 7.05 Å². The van der Waals surface area contributed by atoms with Crippen molar-refractivity contribution in [1.29, 1.82) is 0 Å². The number of fused-ring (bicyclic) bond motifs is 1. The van der Waals surface area contributed by atoms with Crippen LogP contribution < -0.4 is 18.9 Å². The van der Waals surface area contributed by atoms with E-state index in [-0.39, 0.29) is 5.78 Å². The van der Waals surface area contributed by atoms with Crippen LogP contribution in [0.25, 0.3) is 10.9 Å². The molecule has 0 aliphatic carbocycles. The Hall–Kier alpha value is -3.22. The molecule has 0 saturated heterocycles. The van der Waals surface area contributed by atoms with Crippen LogP contribution in [-0.4, -0.2) is 44.0 Å². The van der Waals surface area contributed by atoms with Crippen LogP contribution in [0, 0.1) is 0 Å². The van der Waals surface area contributed by atoms with Crippen molar-refractivity contribution >= 4 is 16.7 Å². The first-order chi connectivity index (χ1) is 12.5. The minimum atomic E-state index is -0.236. The lowest BCUT2D eigenvalue weighted by Gasteiger charge is -2.13. The fraction of sp³-hybridized carbons (Fsp3) is 0.263. The maximum absolute atomic E-state index is 13.1. The number of benzene rings is 2. The number of ketones is 1. The van der Waals surface area contributed by atoms with Gasteiger partial charge in [0.1, 0.15) is 11.4 Å². The number of aryl methyl sites for hydroxylation is 1. The average Bonchev–Trinajstić information content (AvgIpc) is 3.01. The Morgan fingerprint density at radius 1 is 0.923 bits per heavy atom. The highest BCUT2D eigenvalue weighted by Crippen LogP contribution is 2.39. The molecule has 0 spiro atoms. The second-order valence-electron chi connectivity index (χ2n) is 5.60. The summed E-state index contributed by atoms with van der Waals surface area (Å²) < 4.78 is 22.9. The molecule has 7 heteroatoms. The van der Waals surface area contributed by atoms with E-state index in [0.29, 0.717) is 34.3 Å². The molecule has 0 amide bonds. The highest BCUT2D eigenvalue weighted by Gasteiger charge is 2.22. The molecule has 0 unspecified atom stereocenters. The molecule has 0 aliphatic rings. The van der Waals surface area contributed by atoms with Gasteiger partial charge in [-0.1, -0.05) is 0 Å². The van der Waals surface area contributed by atoms with Gasteiger partial charge in [0.05, 0.1) is 34.0 Å². The van der Waals surface area contributed by atoms with Crippen LogP contribution in [0.5, 0.6) is 23.0 Å². The molecular weight excluding hydrogens is 336 g/mol. The van der Waals surface area contributed by atoms with Crippen molar-refractivity contribution in [1.82, 2.24) is 9.78 Å². The SMILES string of the molecule is COc1ccc2c(C(=O)c3cc(OC)c(OC)c(OC)c3)nn(C)c2c1. The van der Waals surface area contributed by atoms with E-state index in [1.54, 1.807) is 37.0 Å². The topological polar surface area (TPSA) is 71.8 Å². The summed E-state index contributed by atoms with van der Waals surface area (Å²) in [5, 5.41) is 5.14. The third-order valence-electron chi connectivity index (χ3n) is 4.20. The first-order valence-corrected chi connectivity index (χ1v) is 7.89. The lowest BCUT2D eigenvalue weighted by Crippen LogP contribution is -2.06. The molecule has 3 rings (SSSR count). The normalized spacial score (nSPS) is 10.7. The van der Waals surface area contributed by atoms with Crippen LogP contribution in [0.4, 0.5) is 0 Å². The fourth-order valence-corrected chi connectivity index (χ4v) is 2.88. The van der Waals surface area contributed by atoms with Gasteiger partial charge in [-0.2, -0.15) is 5.10 Å². The van der Waals surface area contributed by atoms with Crippen molar-refractivity contribution in [3.05, 3.63) is 41.6 Å². The fourth-order valence-electron chi connectivity index (χ4n) is 2.88. The second-order valence-corrected chi connectivity index (χ2v) is 5.60. The summed E-state index contributed by atoms with van der Waals surface area (Å²) in [7, 11) is 7.91. The van der Waals surface area contributed by atoms with Gasteiger partial charge in [-0.3, -0.25) is 9.48 Å². The summed E-state index contributed by atoms with van der Waals surface area (Å²) in [5.74, 6) is 1.73. The number of rotatable bonds is 6. The summed E-state index contributed by atoms with van der Waals surface area (Å²) in [5.41, 5.74) is 1.55. The number of nitrogens with zero attached hydrogens (tertiary/aromatic N) is 2. The third-order valence-corrected chi connectivity index (χ3v) is 4.20. The number of carbonyl (C=O) groups excluding carboxylic acids is 1. The van der Waals surface area contributed by atoms with Crippen molar-refractivity contribution < 1.29 is 23.7 Å². The Morgan fingerprint density at radius 2 is 1.58 bits per heavy atom. The van der Waals surface area contributed by atoms with E-state index < -0.39 is 0 Å². The Morgan fingerprint density at radius 3 is 2.12 bits per heavy atom. The quantitative estimate of drug-likeness (QED) is 0.633. The molecule has 0 saturated carbocycles. The summed E-state index contributed by atoms with van der Waals surface area (Å²) in [6, 6.07) is 8.71. The number of carbonyl (C=O) groups is 1. The van der Waals surface area contributed by atoms with Gasteiger partial charge in [-0.05, 0) is 24.3 Å². The smallest absolute Gasteiger partial charge is 0.214 e. The van der Waals surface area contributed by atoms with Crippen molar-refractivity contribution in [2.75, 3.05) is 28.4 Å². The number of methoxy groups -OCH3 is 4. The molecule has 3 aromatic rings. The molecule has 7 nitrogen and oxygen atoms in total. The highest BCUT2D eigenvalue weighted by atomic mass is 16.5. The van der Waals surface area contributed by atoms with Crippen LogP contribution in [0.15, 0.2) is 30.3 Å². The van der Waals surface area contributed by atoms with Crippen LogP contribution >= 0.6 is 0 Å². The van der Waals surface area contributed by atoms with E-state index in [9.17, 15) is 4.79 Å². The maximum atomic E-state index is 13.1. The molecule has 0 radical (unpaired) electrons. The molecule has 26 heavy (non-hydrogen) atoms. The van der Waals surface area contributed by atoms with E-state index in [1.165, 1.54) is 21.3 Å². The van der Waals surface area contributed by atoms with Crippen molar-refractivity contribution in [3.63, 3.8) is 0 Å². The first kappa shape index (κ1) is 17.6. The second kappa shape index (κ2) is 6.95. The zero-order chi connectivity index (χ0) is 18.8. The van der Waals surface area contributed by atoms with Crippen LogP contribution in [0.3, 0.4) is 0 Å². The van der Waals surface area contributed by atoms with Crippen molar-refractivity contribution in [3.8, 4) is 23.0 Å². The van der Waals surface area contributed by atoms with Gasteiger partial charge < -0.3 is 18.9 Å². The Kier molecular flexibility index (Phi) is 4.71. The Balaban J connectivity index is 2.14. The van der Waals surface area contributed by atoms with Gasteiger partial charge in [-0.15, -0.1) is 0 Å². The lowest BCUT2D eigenvalue weighted by atomic mass is 10.0. The minimum Gasteiger partial charge on any atom is -0.497 e. The van der Waals surface area contributed by atoms with E-state index in [0.717, 1.165) is 10.9 Å². The van der Waals surface area contributed by atoms with Gasteiger partial charge in [0.25, 0.3) is 0 Å². The summed E-state index contributed by atoms with van der Waals surface area (Å²) in [6.45, 7) is 0. The van der Waals surface area contributed by atoms with Crippen molar-refractivity contribution in [2.45, 2.75) is 0 Å². The largest absolute Gasteiger partial charge is 0.497 e. The molecule has 2 aromatic carbocycles. The summed E-state index contributed by atoms with van der Waals surface area (Å²) >= 11 is 0. The standard InChI is InChI=1S/C19H20N2O5/c1-21-14-10-12(23-2)6-7-13(14)17(20-21)18(22)11-8-15(24-3)19(26-5)16(9-11)25-4/h6-10H,1-5H3. The molecular formula is C19H20N2O5. The zero-order valence-electron chi connectivity index (χ0n) is 15.3. The summed E-state index contributed by atoms with van der Waals surface area (Å²) in [4.78, 5) is 13.1. The van der Waals surface area contributed by atoms with Gasteiger partial charge in [0.15, 0.2) is 11.5 Å². The maximum Gasteiger partial charge on any atom is 0.214 e. The Labute approximate surface area is 151 Å². The van der Waals surface area contributed by atoms with Gasteiger partial charge >= 0.3 is 0 Å². The number of hydrogen-bond donors (Lipinski definition) is 0. The predicted molar refractivity (Wildman–Crippen MR) is 96.8 cm³/mol. The molecule has 1 aromatic heterocycles. The first-order valence-electron chi connectivity index (χ1n) is 7.89. The molecule has 0 atom stereocenters. The summed E-state index contributed by atoms with van der Waals surface area (Å²) in [6.07, 6.45) is 0. The van der Waals surface area contributed by atoms with E-state index in [1.807, 2.05) is 12.1 Å². The van der Waals surface area contributed by atoms with E-state index >= 15 is 0 Å².